The van der Waals surface area contributed by atoms with Crippen LogP contribution < -0.4 is 5.32 Å². The molecule has 4 rings (SSSR count). The van der Waals surface area contributed by atoms with Gasteiger partial charge in [0.2, 0.25) is 0 Å². The average Bonchev–Trinajstić information content (AvgIpc) is 3.15. The van der Waals surface area contributed by atoms with E-state index in [4.69, 9.17) is 11.6 Å². The zero-order chi connectivity index (χ0) is 21.1. The van der Waals surface area contributed by atoms with Crippen LogP contribution in [0.25, 0.3) is 16.7 Å². The molecule has 0 unspecified atom stereocenters. The number of amides is 1. The molecule has 0 saturated heterocycles. The molecule has 152 valence electrons. The van der Waals surface area contributed by atoms with Crippen molar-refractivity contribution in [2.24, 2.45) is 0 Å². The second kappa shape index (κ2) is 8.63. The molecular formula is C23H22ClN5O. The third kappa shape index (κ3) is 4.19. The number of carbonyl (C=O) groups excluding carboxylic acids is 1. The van der Waals surface area contributed by atoms with E-state index >= 15 is 0 Å². The number of hydrogen-bond donors (Lipinski definition) is 1. The van der Waals surface area contributed by atoms with E-state index in [-0.39, 0.29) is 11.1 Å². The van der Waals surface area contributed by atoms with E-state index in [0.29, 0.717) is 16.8 Å². The van der Waals surface area contributed by atoms with Crippen molar-refractivity contribution in [1.29, 1.82) is 0 Å². The second-order valence-electron chi connectivity index (χ2n) is 7.21. The molecule has 2 aromatic carbocycles. The van der Waals surface area contributed by atoms with Gasteiger partial charge in [0.25, 0.3) is 5.91 Å². The molecule has 0 aliphatic heterocycles. The van der Waals surface area contributed by atoms with Crippen LogP contribution in [0.5, 0.6) is 0 Å². The number of anilines is 1. The molecule has 0 aliphatic rings. The molecule has 0 radical (unpaired) electrons. The highest BCUT2D eigenvalue weighted by Crippen LogP contribution is 2.24. The predicted molar refractivity (Wildman–Crippen MR) is 119 cm³/mol. The maximum atomic E-state index is 12.6. The zero-order valence-corrected chi connectivity index (χ0v) is 17.6. The van der Waals surface area contributed by atoms with Gasteiger partial charge >= 0.3 is 0 Å². The first kappa shape index (κ1) is 20.0. The van der Waals surface area contributed by atoms with Crippen molar-refractivity contribution in [3.8, 4) is 5.69 Å². The molecule has 30 heavy (non-hydrogen) atoms. The van der Waals surface area contributed by atoms with Gasteiger partial charge in [-0.1, -0.05) is 37.1 Å². The van der Waals surface area contributed by atoms with Crippen molar-refractivity contribution in [2.75, 3.05) is 5.32 Å². The highest BCUT2D eigenvalue weighted by atomic mass is 35.5. The van der Waals surface area contributed by atoms with Gasteiger partial charge in [-0.2, -0.15) is 4.80 Å². The van der Waals surface area contributed by atoms with E-state index in [0.717, 1.165) is 23.2 Å². The summed E-state index contributed by atoms with van der Waals surface area (Å²) >= 11 is 6.03. The van der Waals surface area contributed by atoms with Crippen LogP contribution in [0.3, 0.4) is 0 Å². The lowest BCUT2D eigenvalue weighted by Crippen LogP contribution is -2.13. The molecule has 0 spiro atoms. The number of unbranched alkanes of at least 4 members (excludes halogenated alkanes) is 1. The number of nitrogens with one attached hydrogen (secondary N) is 1. The van der Waals surface area contributed by atoms with Crippen LogP contribution in [0.2, 0.25) is 5.15 Å². The molecule has 0 aliphatic carbocycles. The summed E-state index contributed by atoms with van der Waals surface area (Å²) in [5, 5.41) is 12.2. The molecule has 1 N–H and O–H groups in total. The van der Waals surface area contributed by atoms with Gasteiger partial charge in [-0.3, -0.25) is 4.79 Å². The lowest BCUT2D eigenvalue weighted by Gasteiger charge is -2.08. The lowest BCUT2D eigenvalue weighted by atomic mass is 10.1. The Morgan fingerprint density at radius 1 is 1.10 bits per heavy atom. The number of benzene rings is 2. The fourth-order valence-corrected chi connectivity index (χ4v) is 3.45. The Kier molecular flexibility index (Phi) is 5.77. The molecule has 0 fully saturated rings. The number of aromatic nitrogens is 4. The number of fused-ring (bicyclic) bond motifs is 1. The van der Waals surface area contributed by atoms with Gasteiger partial charge in [-0.15, -0.1) is 10.2 Å². The van der Waals surface area contributed by atoms with Crippen LogP contribution >= 0.6 is 11.6 Å². The van der Waals surface area contributed by atoms with Crippen LogP contribution in [0.1, 0.15) is 41.3 Å². The third-order valence-electron chi connectivity index (χ3n) is 4.96. The van der Waals surface area contributed by atoms with Crippen LogP contribution in [-0.2, 0) is 6.42 Å². The zero-order valence-electron chi connectivity index (χ0n) is 16.9. The van der Waals surface area contributed by atoms with E-state index in [1.165, 1.54) is 18.4 Å². The number of rotatable bonds is 6. The first-order valence-corrected chi connectivity index (χ1v) is 10.3. The topological polar surface area (TPSA) is 72.7 Å². The highest BCUT2D eigenvalue weighted by molar-refractivity contribution is 6.33. The smallest absolute Gasteiger partial charge is 0.258 e. The highest BCUT2D eigenvalue weighted by Gasteiger charge is 2.14. The van der Waals surface area contributed by atoms with Crippen molar-refractivity contribution < 1.29 is 4.79 Å². The van der Waals surface area contributed by atoms with Crippen molar-refractivity contribution in [3.05, 3.63) is 76.6 Å². The van der Waals surface area contributed by atoms with E-state index in [9.17, 15) is 4.79 Å². The Labute approximate surface area is 179 Å². The SMILES string of the molecule is CCCCc1ccc(-n2nc3cc(C)c(NC(=O)c4cccnc4Cl)cc3n2)cc1. The van der Waals surface area contributed by atoms with E-state index in [1.807, 2.05) is 31.2 Å². The summed E-state index contributed by atoms with van der Waals surface area (Å²) in [6, 6.07) is 15.4. The Hall–Kier alpha value is -3.25. The van der Waals surface area contributed by atoms with E-state index < -0.39 is 0 Å². The minimum absolute atomic E-state index is 0.169. The first-order valence-electron chi connectivity index (χ1n) is 9.94. The summed E-state index contributed by atoms with van der Waals surface area (Å²) in [6.07, 6.45) is 4.99. The average molecular weight is 420 g/mol. The third-order valence-corrected chi connectivity index (χ3v) is 5.27. The molecule has 6 nitrogen and oxygen atoms in total. The summed E-state index contributed by atoms with van der Waals surface area (Å²) in [5.74, 6) is -0.314. The Balaban J connectivity index is 1.60. The summed E-state index contributed by atoms with van der Waals surface area (Å²) in [6.45, 7) is 4.11. The van der Waals surface area contributed by atoms with Crippen LogP contribution in [0.15, 0.2) is 54.7 Å². The molecule has 7 heteroatoms. The molecule has 1 amide bonds. The summed E-state index contributed by atoms with van der Waals surface area (Å²) in [4.78, 5) is 18.2. The molecule has 2 aromatic heterocycles. The summed E-state index contributed by atoms with van der Waals surface area (Å²) < 4.78 is 0. The van der Waals surface area contributed by atoms with Crippen molar-refractivity contribution >= 4 is 34.2 Å². The fourth-order valence-electron chi connectivity index (χ4n) is 3.24. The Morgan fingerprint density at radius 3 is 2.53 bits per heavy atom. The Morgan fingerprint density at radius 2 is 1.83 bits per heavy atom. The number of nitrogens with zero attached hydrogens (tertiary/aromatic N) is 4. The molecule has 0 saturated carbocycles. The fraction of sp³-hybridized carbons (Fsp3) is 0.217. The van der Waals surface area contributed by atoms with E-state index in [2.05, 4.69) is 39.6 Å². The largest absolute Gasteiger partial charge is 0.322 e. The van der Waals surface area contributed by atoms with Crippen LogP contribution in [0, 0.1) is 6.92 Å². The molecule has 4 aromatic rings. The maximum Gasteiger partial charge on any atom is 0.258 e. The number of hydrogen-bond acceptors (Lipinski definition) is 4. The number of aryl methyl sites for hydroxylation is 2. The summed E-state index contributed by atoms with van der Waals surface area (Å²) in [7, 11) is 0. The number of halogens is 1. The minimum Gasteiger partial charge on any atom is -0.322 e. The second-order valence-corrected chi connectivity index (χ2v) is 7.57. The van der Waals surface area contributed by atoms with E-state index in [1.54, 1.807) is 23.1 Å². The normalized spacial score (nSPS) is 11.0. The molecule has 0 bridgehead atoms. The van der Waals surface area contributed by atoms with Gasteiger partial charge < -0.3 is 5.32 Å². The lowest BCUT2D eigenvalue weighted by molar-refractivity contribution is 0.102. The van der Waals surface area contributed by atoms with Crippen LogP contribution in [-0.4, -0.2) is 25.9 Å². The summed E-state index contributed by atoms with van der Waals surface area (Å²) in [5.41, 5.74) is 5.55. The maximum absolute atomic E-state index is 12.6. The quantitative estimate of drug-likeness (QED) is 0.426. The van der Waals surface area contributed by atoms with Gasteiger partial charge in [-0.25, -0.2) is 4.98 Å². The minimum atomic E-state index is -0.314. The van der Waals surface area contributed by atoms with Crippen LogP contribution in [0.4, 0.5) is 5.69 Å². The molecular weight excluding hydrogens is 398 g/mol. The predicted octanol–water partition coefficient (Wildman–Crippen LogP) is 5.37. The Bertz CT molecular complexity index is 1200. The van der Waals surface area contributed by atoms with Gasteiger partial charge in [0.15, 0.2) is 0 Å². The standard InChI is InChI=1S/C23H22ClN5O/c1-3-4-6-16-8-10-17(11-9-16)29-27-20-13-15(2)19(14-21(20)28-29)26-23(30)18-7-5-12-25-22(18)24/h5,7-14H,3-4,6H2,1-2H3,(H,26,30). The molecule has 0 atom stereocenters. The first-order chi connectivity index (χ1) is 14.5. The van der Waals surface area contributed by atoms with Gasteiger partial charge in [-0.05, 0) is 67.3 Å². The van der Waals surface area contributed by atoms with Gasteiger partial charge in [0.05, 0.1) is 11.3 Å². The monoisotopic (exact) mass is 419 g/mol. The van der Waals surface area contributed by atoms with Gasteiger partial charge in [0.1, 0.15) is 16.2 Å². The van der Waals surface area contributed by atoms with Crippen molar-refractivity contribution in [1.82, 2.24) is 20.0 Å². The number of carbonyl (C=O) groups is 1. The van der Waals surface area contributed by atoms with Gasteiger partial charge in [0, 0.05) is 11.9 Å². The van der Waals surface area contributed by atoms with Crippen molar-refractivity contribution in [2.45, 2.75) is 33.1 Å². The molecule has 2 heterocycles. The number of pyridine rings is 1. The van der Waals surface area contributed by atoms with Crippen molar-refractivity contribution in [3.63, 3.8) is 0 Å².